The van der Waals surface area contributed by atoms with Crippen LogP contribution in [0, 0.1) is 0 Å². The summed E-state index contributed by atoms with van der Waals surface area (Å²) in [6.07, 6.45) is 6.67. The first-order valence-corrected chi connectivity index (χ1v) is 9.79. The van der Waals surface area contributed by atoms with Crippen LogP contribution in [-0.2, 0) is 17.8 Å². The molecule has 0 saturated heterocycles. The Kier molecular flexibility index (Phi) is 5.16. The van der Waals surface area contributed by atoms with Crippen LogP contribution in [0.15, 0.2) is 41.1 Å². The van der Waals surface area contributed by atoms with Crippen LogP contribution in [0.4, 0.5) is 0 Å². The zero-order valence-electron chi connectivity index (χ0n) is 15.8. The third-order valence-electron chi connectivity index (χ3n) is 5.87. The first kappa shape index (κ1) is 18.0. The first-order chi connectivity index (χ1) is 13.2. The third kappa shape index (κ3) is 4.00. The molecule has 2 aliphatic rings. The van der Waals surface area contributed by atoms with Gasteiger partial charge in [0.05, 0.1) is 12.7 Å². The molecule has 1 aliphatic heterocycles. The van der Waals surface area contributed by atoms with Gasteiger partial charge in [-0.05, 0) is 38.8 Å². The highest BCUT2D eigenvalue weighted by molar-refractivity contribution is 5.76. The average Bonchev–Trinajstić information content (AvgIpc) is 3.15. The van der Waals surface area contributed by atoms with E-state index < -0.39 is 0 Å². The van der Waals surface area contributed by atoms with Crippen molar-refractivity contribution in [3.63, 3.8) is 0 Å². The summed E-state index contributed by atoms with van der Waals surface area (Å²) in [5, 5.41) is 7.09. The molecule has 1 N–H and O–H groups in total. The Balaban J connectivity index is 1.53. The predicted octanol–water partition coefficient (Wildman–Crippen LogP) is 2.93. The van der Waals surface area contributed by atoms with Gasteiger partial charge >= 0.3 is 0 Å². The van der Waals surface area contributed by atoms with E-state index in [1.807, 2.05) is 36.2 Å². The van der Waals surface area contributed by atoms with Crippen molar-refractivity contribution in [2.45, 2.75) is 56.7 Å². The molecule has 0 radical (unpaired) electrons. The molecule has 144 valence electrons. The Hall–Kier alpha value is -2.34. The summed E-state index contributed by atoms with van der Waals surface area (Å²) >= 11 is 0. The van der Waals surface area contributed by atoms with Crippen molar-refractivity contribution >= 4 is 5.91 Å². The normalized spacial score (nSPS) is 24.9. The Bertz CT molecular complexity index is 767. The van der Waals surface area contributed by atoms with Gasteiger partial charge in [-0.3, -0.25) is 4.79 Å². The molecule has 2 heterocycles. The van der Waals surface area contributed by atoms with Gasteiger partial charge in [-0.1, -0.05) is 23.4 Å². The van der Waals surface area contributed by atoms with Crippen molar-refractivity contribution in [1.29, 1.82) is 0 Å². The molecule has 1 fully saturated rings. The zero-order chi connectivity index (χ0) is 18.7. The number of carbonyl (C=O) groups excluding carboxylic acids is 1. The minimum absolute atomic E-state index is 0.141. The lowest BCUT2D eigenvalue weighted by molar-refractivity contribution is -0.135. The van der Waals surface area contributed by atoms with E-state index >= 15 is 0 Å². The maximum absolute atomic E-state index is 13.0. The van der Waals surface area contributed by atoms with Crippen molar-refractivity contribution in [3.8, 4) is 5.75 Å². The fourth-order valence-corrected chi connectivity index (χ4v) is 4.24. The van der Waals surface area contributed by atoms with Gasteiger partial charge in [0.15, 0.2) is 0 Å². The SMILES string of the molecule is CNC1CCC2(CC1)CN(C(=O)CCc1ccno1)Cc1ccccc1O2. The van der Waals surface area contributed by atoms with Crippen LogP contribution in [0.25, 0.3) is 0 Å². The number of hydrogen-bond donors (Lipinski definition) is 1. The lowest BCUT2D eigenvalue weighted by Crippen LogP contribution is -2.51. The first-order valence-electron chi connectivity index (χ1n) is 9.79. The van der Waals surface area contributed by atoms with Crippen LogP contribution >= 0.6 is 0 Å². The van der Waals surface area contributed by atoms with Crippen LogP contribution in [0.1, 0.15) is 43.4 Å². The molecule has 1 spiro atoms. The van der Waals surface area contributed by atoms with Gasteiger partial charge in [-0.15, -0.1) is 0 Å². The number of rotatable bonds is 4. The minimum Gasteiger partial charge on any atom is -0.485 e. The number of nitrogens with zero attached hydrogens (tertiary/aromatic N) is 2. The summed E-state index contributed by atoms with van der Waals surface area (Å²) in [5.41, 5.74) is 0.792. The topological polar surface area (TPSA) is 67.6 Å². The number of ether oxygens (including phenoxy) is 1. The maximum Gasteiger partial charge on any atom is 0.223 e. The standard InChI is InChI=1S/C21H27N3O3/c1-22-17-8-11-21(12-9-17)15-24(14-16-4-2-3-5-19(16)26-21)20(25)7-6-18-10-13-23-27-18/h2-5,10,13,17,22H,6-9,11-12,14-15H2,1H3. The van der Waals surface area contributed by atoms with Gasteiger partial charge in [0.1, 0.15) is 17.1 Å². The Morgan fingerprint density at radius 1 is 1.30 bits per heavy atom. The van der Waals surface area contributed by atoms with Gasteiger partial charge in [-0.25, -0.2) is 0 Å². The lowest BCUT2D eigenvalue weighted by Gasteiger charge is -2.41. The number of para-hydroxylation sites is 1. The second kappa shape index (κ2) is 7.72. The van der Waals surface area contributed by atoms with E-state index in [4.69, 9.17) is 9.26 Å². The highest BCUT2D eigenvalue weighted by Crippen LogP contribution is 2.38. The average molecular weight is 369 g/mol. The zero-order valence-corrected chi connectivity index (χ0v) is 15.8. The monoisotopic (exact) mass is 369 g/mol. The number of aryl methyl sites for hydroxylation is 1. The van der Waals surface area contributed by atoms with E-state index in [0.717, 1.165) is 42.8 Å². The van der Waals surface area contributed by atoms with Gasteiger partial charge < -0.3 is 19.5 Å². The molecule has 0 atom stereocenters. The van der Waals surface area contributed by atoms with E-state index in [9.17, 15) is 4.79 Å². The van der Waals surface area contributed by atoms with Crippen molar-refractivity contribution in [1.82, 2.24) is 15.4 Å². The summed E-state index contributed by atoms with van der Waals surface area (Å²) in [6, 6.07) is 10.5. The Labute approximate surface area is 159 Å². The molecule has 1 aliphatic carbocycles. The predicted molar refractivity (Wildman–Crippen MR) is 101 cm³/mol. The van der Waals surface area contributed by atoms with Gasteiger partial charge in [0, 0.05) is 37.1 Å². The molecule has 4 rings (SSSR count). The fraction of sp³-hybridized carbons (Fsp3) is 0.524. The van der Waals surface area contributed by atoms with Crippen LogP contribution in [-0.4, -0.2) is 41.2 Å². The molecular weight excluding hydrogens is 342 g/mol. The Morgan fingerprint density at radius 3 is 2.85 bits per heavy atom. The molecule has 1 aromatic carbocycles. The van der Waals surface area contributed by atoms with E-state index in [2.05, 4.69) is 16.5 Å². The number of amides is 1. The fourth-order valence-electron chi connectivity index (χ4n) is 4.24. The minimum atomic E-state index is -0.290. The van der Waals surface area contributed by atoms with Gasteiger partial charge in [-0.2, -0.15) is 0 Å². The highest BCUT2D eigenvalue weighted by atomic mass is 16.5. The second-order valence-corrected chi connectivity index (χ2v) is 7.68. The summed E-state index contributed by atoms with van der Waals surface area (Å²) in [5.74, 6) is 1.81. The molecule has 2 aromatic rings. The second-order valence-electron chi connectivity index (χ2n) is 7.68. The summed E-state index contributed by atoms with van der Waals surface area (Å²) < 4.78 is 11.7. The van der Waals surface area contributed by atoms with Gasteiger partial charge in [0.25, 0.3) is 0 Å². The number of aromatic nitrogens is 1. The van der Waals surface area contributed by atoms with Crippen LogP contribution in [0.2, 0.25) is 0 Å². The molecule has 1 aromatic heterocycles. The number of nitrogens with one attached hydrogen (secondary N) is 1. The van der Waals surface area contributed by atoms with Crippen LogP contribution < -0.4 is 10.1 Å². The van der Waals surface area contributed by atoms with Crippen molar-refractivity contribution in [3.05, 3.63) is 47.9 Å². The number of benzene rings is 1. The summed E-state index contributed by atoms with van der Waals surface area (Å²) in [6.45, 7) is 1.25. The highest BCUT2D eigenvalue weighted by Gasteiger charge is 2.41. The number of carbonyl (C=O) groups is 1. The molecule has 1 saturated carbocycles. The molecule has 0 unspecified atom stereocenters. The smallest absolute Gasteiger partial charge is 0.223 e. The molecule has 0 bridgehead atoms. The van der Waals surface area contributed by atoms with Gasteiger partial charge in [0.2, 0.25) is 5.91 Å². The van der Waals surface area contributed by atoms with E-state index in [1.165, 1.54) is 0 Å². The third-order valence-corrected chi connectivity index (χ3v) is 5.87. The van der Waals surface area contributed by atoms with E-state index in [-0.39, 0.29) is 11.5 Å². The molecule has 1 amide bonds. The molecular formula is C21H27N3O3. The maximum atomic E-state index is 13.0. The molecule has 6 heteroatoms. The summed E-state index contributed by atoms with van der Waals surface area (Å²) in [7, 11) is 2.02. The number of hydrogen-bond acceptors (Lipinski definition) is 5. The van der Waals surface area contributed by atoms with Crippen LogP contribution in [0.3, 0.4) is 0 Å². The van der Waals surface area contributed by atoms with Crippen molar-refractivity contribution in [2.24, 2.45) is 0 Å². The van der Waals surface area contributed by atoms with Crippen molar-refractivity contribution in [2.75, 3.05) is 13.6 Å². The molecule has 6 nitrogen and oxygen atoms in total. The number of fused-ring (bicyclic) bond motifs is 1. The largest absolute Gasteiger partial charge is 0.485 e. The summed E-state index contributed by atoms with van der Waals surface area (Å²) in [4.78, 5) is 15.0. The van der Waals surface area contributed by atoms with E-state index in [0.29, 0.717) is 32.0 Å². The van der Waals surface area contributed by atoms with Crippen LogP contribution in [0.5, 0.6) is 5.75 Å². The van der Waals surface area contributed by atoms with Crippen molar-refractivity contribution < 1.29 is 14.1 Å². The molecule has 27 heavy (non-hydrogen) atoms. The lowest BCUT2D eigenvalue weighted by atomic mass is 9.81. The quantitative estimate of drug-likeness (QED) is 0.897. The van der Waals surface area contributed by atoms with E-state index in [1.54, 1.807) is 6.20 Å². The Morgan fingerprint density at radius 2 is 2.11 bits per heavy atom.